The second-order valence-electron chi connectivity index (χ2n) is 7.43. The molecule has 1 N–H and O–H groups in total. The molecule has 5 heteroatoms. The monoisotopic (exact) mass is 341 g/mol. The minimum atomic E-state index is -0.630. The van der Waals surface area contributed by atoms with Gasteiger partial charge < -0.3 is 19.6 Å². The molecule has 5 nitrogen and oxygen atoms in total. The lowest BCUT2D eigenvalue weighted by molar-refractivity contribution is 0.0169. The molecule has 0 radical (unpaired) electrons. The third kappa shape index (κ3) is 3.44. The number of benzene rings is 1. The number of rotatable bonds is 4. The first-order chi connectivity index (χ1) is 12.2. The highest BCUT2D eigenvalue weighted by Crippen LogP contribution is 2.30. The van der Waals surface area contributed by atoms with E-state index in [4.69, 9.17) is 9.72 Å². The Morgan fingerprint density at radius 2 is 1.96 bits per heavy atom. The Kier molecular flexibility index (Phi) is 4.52. The maximum atomic E-state index is 11.1. The second-order valence-corrected chi connectivity index (χ2v) is 7.43. The van der Waals surface area contributed by atoms with Gasteiger partial charge in [0.2, 0.25) is 0 Å². The van der Waals surface area contributed by atoms with Crippen molar-refractivity contribution in [2.75, 3.05) is 44.7 Å². The third-order valence-corrected chi connectivity index (χ3v) is 5.51. The van der Waals surface area contributed by atoms with Gasteiger partial charge in [0.05, 0.1) is 12.7 Å². The van der Waals surface area contributed by atoms with Gasteiger partial charge in [-0.25, -0.2) is 4.98 Å². The number of piperidine rings is 1. The second kappa shape index (κ2) is 6.81. The molecule has 0 amide bonds. The average Bonchev–Trinajstić information content (AvgIpc) is 3.03. The number of likely N-dealkylation sites (tertiary alicyclic amines) is 1. The first kappa shape index (κ1) is 16.6. The average molecular weight is 341 g/mol. The van der Waals surface area contributed by atoms with E-state index in [1.807, 2.05) is 18.2 Å². The number of pyridine rings is 1. The van der Waals surface area contributed by atoms with Crippen molar-refractivity contribution in [2.45, 2.75) is 31.3 Å². The zero-order valence-electron chi connectivity index (χ0n) is 14.9. The molecule has 0 unspecified atom stereocenters. The number of aliphatic hydroxyl groups is 1. The summed E-state index contributed by atoms with van der Waals surface area (Å²) in [7, 11) is 1.68. The number of hydrogen-bond donors (Lipinski definition) is 1. The lowest BCUT2D eigenvalue weighted by Crippen LogP contribution is -2.46. The van der Waals surface area contributed by atoms with Crippen molar-refractivity contribution in [2.24, 2.45) is 0 Å². The molecule has 25 heavy (non-hydrogen) atoms. The normalized spacial score (nSPS) is 24.8. The van der Waals surface area contributed by atoms with E-state index in [9.17, 15) is 5.11 Å². The smallest absolute Gasteiger partial charge is 0.145 e. The van der Waals surface area contributed by atoms with Crippen molar-refractivity contribution in [3.8, 4) is 5.75 Å². The number of aromatic nitrogens is 1. The summed E-state index contributed by atoms with van der Waals surface area (Å²) < 4.78 is 5.45. The Balaban J connectivity index is 1.52. The molecule has 134 valence electrons. The van der Waals surface area contributed by atoms with Crippen LogP contribution in [0.15, 0.2) is 30.3 Å². The van der Waals surface area contributed by atoms with Crippen LogP contribution in [-0.2, 0) is 0 Å². The first-order valence-corrected chi connectivity index (χ1v) is 9.30. The Bertz CT molecular complexity index is 745. The van der Waals surface area contributed by atoms with Crippen LogP contribution in [0.3, 0.4) is 0 Å². The van der Waals surface area contributed by atoms with Gasteiger partial charge in [-0.3, -0.25) is 0 Å². The van der Waals surface area contributed by atoms with Crippen LogP contribution in [0.1, 0.15) is 25.7 Å². The minimum absolute atomic E-state index is 0.630. The fourth-order valence-electron chi connectivity index (χ4n) is 4.17. The van der Waals surface area contributed by atoms with Gasteiger partial charge in [0.15, 0.2) is 0 Å². The molecular weight excluding hydrogens is 314 g/mol. The molecule has 0 aliphatic carbocycles. The van der Waals surface area contributed by atoms with Crippen molar-refractivity contribution >= 4 is 16.7 Å². The zero-order chi connectivity index (χ0) is 17.3. The highest BCUT2D eigenvalue weighted by molar-refractivity contribution is 5.86. The quantitative estimate of drug-likeness (QED) is 0.926. The van der Waals surface area contributed by atoms with Crippen LogP contribution in [-0.4, -0.2) is 60.4 Å². The van der Waals surface area contributed by atoms with Crippen molar-refractivity contribution in [3.63, 3.8) is 0 Å². The maximum absolute atomic E-state index is 11.1. The molecule has 4 rings (SSSR count). The highest BCUT2D eigenvalue weighted by Gasteiger charge is 2.38. The fourth-order valence-corrected chi connectivity index (χ4v) is 4.17. The molecule has 0 spiro atoms. The lowest BCUT2D eigenvalue weighted by Gasteiger charge is -2.33. The summed E-state index contributed by atoms with van der Waals surface area (Å²) in [5.74, 6) is 1.72. The van der Waals surface area contributed by atoms with Crippen molar-refractivity contribution in [3.05, 3.63) is 30.3 Å². The summed E-state index contributed by atoms with van der Waals surface area (Å²) in [6.45, 7) is 4.51. The van der Waals surface area contributed by atoms with E-state index in [0.29, 0.717) is 6.54 Å². The predicted octanol–water partition coefficient (Wildman–Crippen LogP) is 2.67. The largest absolute Gasteiger partial charge is 0.494 e. The fraction of sp³-hybridized carbons (Fsp3) is 0.550. The number of hydrogen-bond acceptors (Lipinski definition) is 5. The van der Waals surface area contributed by atoms with Gasteiger partial charge in [0, 0.05) is 25.0 Å². The van der Waals surface area contributed by atoms with Crippen molar-refractivity contribution < 1.29 is 9.84 Å². The van der Waals surface area contributed by atoms with Gasteiger partial charge in [0.1, 0.15) is 17.1 Å². The number of anilines is 1. The molecule has 2 aliphatic rings. The van der Waals surface area contributed by atoms with Crippen LogP contribution in [0, 0.1) is 0 Å². The van der Waals surface area contributed by atoms with Crippen LogP contribution in [0.25, 0.3) is 10.9 Å². The molecule has 1 aromatic carbocycles. The standard InChI is InChI=1S/C20H27N3O2/c1-25-17-7-5-6-16-8-9-18(21-19(16)17)23-13-10-20(24,15-23)14-22-11-3-2-4-12-22/h5-9,24H,2-4,10-15H2,1H3/t20-/m0/s1. The molecule has 3 heterocycles. The number of para-hydroxylation sites is 1. The number of ether oxygens (including phenoxy) is 1. The summed E-state index contributed by atoms with van der Waals surface area (Å²) in [6, 6.07) is 10.1. The van der Waals surface area contributed by atoms with E-state index in [1.165, 1.54) is 19.3 Å². The molecule has 0 saturated carbocycles. The molecule has 1 atom stereocenters. The molecular formula is C20H27N3O2. The summed E-state index contributed by atoms with van der Waals surface area (Å²) in [4.78, 5) is 9.44. The van der Waals surface area contributed by atoms with Crippen LogP contribution < -0.4 is 9.64 Å². The van der Waals surface area contributed by atoms with Crippen LogP contribution >= 0.6 is 0 Å². The van der Waals surface area contributed by atoms with E-state index < -0.39 is 5.60 Å². The van der Waals surface area contributed by atoms with E-state index in [2.05, 4.69) is 21.9 Å². The number of fused-ring (bicyclic) bond motifs is 1. The Hall–Kier alpha value is -1.85. The Morgan fingerprint density at radius 3 is 2.76 bits per heavy atom. The number of nitrogens with zero attached hydrogens (tertiary/aromatic N) is 3. The van der Waals surface area contributed by atoms with Gasteiger partial charge >= 0.3 is 0 Å². The topological polar surface area (TPSA) is 48.8 Å². The van der Waals surface area contributed by atoms with Crippen molar-refractivity contribution in [1.82, 2.24) is 9.88 Å². The Morgan fingerprint density at radius 1 is 1.12 bits per heavy atom. The summed E-state index contributed by atoms with van der Waals surface area (Å²) >= 11 is 0. The van der Waals surface area contributed by atoms with Crippen molar-refractivity contribution in [1.29, 1.82) is 0 Å². The van der Waals surface area contributed by atoms with Gasteiger partial charge in [-0.05, 0) is 50.6 Å². The maximum Gasteiger partial charge on any atom is 0.145 e. The van der Waals surface area contributed by atoms with E-state index in [-0.39, 0.29) is 0 Å². The molecule has 2 fully saturated rings. The molecule has 2 aromatic rings. The van der Waals surface area contributed by atoms with E-state index >= 15 is 0 Å². The van der Waals surface area contributed by atoms with Crippen LogP contribution in [0.4, 0.5) is 5.82 Å². The summed E-state index contributed by atoms with van der Waals surface area (Å²) in [5, 5.41) is 12.1. The highest BCUT2D eigenvalue weighted by atomic mass is 16.5. The van der Waals surface area contributed by atoms with Crippen LogP contribution in [0.2, 0.25) is 0 Å². The zero-order valence-corrected chi connectivity index (χ0v) is 14.9. The van der Waals surface area contributed by atoms with Gasteiger partial charge in [-0.1, -0.05) is 18.6 Å². The molecule has 0 bridgehead atoms. The van der Waals surface area contributed by atoms with E-state index in [0.717, 1.165) is 55.1 Å². The molecule has 2 saturated heterocycles. The number of methoxy groups -OCH3 is 1. The minimum Gasteiger partial charge on any atom is -0.494 e. The SMILES string of the molecule is COc1cccc2ccc(N3CC[C@](O)(CN4CCCCC4)C3)nc12. The molecule has 1 aromatic heterocycles. The van der Waals surface area contributed by atoms with Gasteiger partial charge in [-0.2, -0.15) is 0 Å². The summed E-state index contributed by atoms with van der Waals surface area (Å²) in [5.41, 5.74) is 0.253. The van der Waals surface area contributed by atoms with Crippen LogP contribution in [0.5, 0.6) is 5.75 Å². The predicted molar refractivity (Wildman–Crippen MR) is 100 cm³/mol. The number of β-amino-alcohol motifs (C(OH)–C–C–N with tert-alkyl or cyclic N) is 1. The van der Waals surface area contributed by atoms with Gasteiger partial charge in [0.25, 0.3) is 0 Å². The lowest BCUT2D eigenvalue weighted by atomic mass is 10.0. The Labute approximate surface area is 149 Å². The first-order valence-electron chi connectivity index (χ1n) is 9.30. The summed E-state index contributed by atoms with van der Waals surface area (Å²) in [6.07, 6.45) is 4.64. The third-order valence-electron chi connectivity index (χ3n) is 5.51. The van der Waals surface area contributed by atoms with Gasteiger partial charge in [-0.15, -0.1) is 0 Å². The van der Waals surface area contributed by atoms with E-state index in [1.54, 1.807) is 7.11 Å². The molecule has 2 aliphatic heterocycles.